The summed E-state index contributed by atoms with van der Waals surface area (Å²) in [5, 5.41) is 5.47. The number of rotatable bonds is 11. The van der Waals surface area contributed by atoms with E-state index in [0.717, 1.165) is 19.0 Å². The molecule has 0 saturated heterocycles. The van der Waals surface area contributed by atoms with Crippen molar-refractivity contribution in [3.05, 3.63) is 147 Å². The zero-order valence-electron chi connectivity index (χ0n) is 19.6. The number of allylic oxidation sites excluding steroid dienone is 2. The molecule has 0 nitrogen and oxygen atoms in total. The molecule has 0 fully saturated rings. The molecule has 4 aromatic carbocycles. The number of benzene rings is 4. The van der Waals surface area contributed by atoms with Crippen LogP contribution in [0.2, 0.25) is 0 Å². The molecule has 34 heavy (non-hydrogen) atoms. The highest BCUT2D eigenvalue weighted by Gasteiger charge is 2.35. The summed E-state index contributed by atoms with van der Waals surface area (Å²) in [4.78, 5) is 0. The quantitative estimate of drug-likeness (QED) is 0.159. The Kier molecular flexibility index (Phi) is 8.65. The molecule has 4 aromatic rings. The summed E-state index contributed by atoms with van der Waals surface area (Å²) in [7, 11) is -1.07. The third-order valence-electron chi connectivity index (χ3n) is 6.25. The van der Waals surface area contributed by atoms with E-state index in [4.69, 9.17) is 0 Å². The van der Waals surface area contributed by atoms with Gasteiger partial charge in [-0.3, -0.25) is 0 Å². The average Bonchev–Trinajstić information content (AvgIpc) is 2.92. The third-order valence-corrected chi connectivity index (χ3v) is 11.9. The van der Waals surface area contributed by atoms with Crippen molar-refractivity contribution in [3.8, 4) is 0 Å². The van der Waals surface area contributed by atoms with Gasteiger partial charge >= 0.3 is 0 Å². The van der Waals surface area contributed by atoms with Crippen LogP contribution in [-0.2, 0) is 0 Å². The van der Waals surface area contributed by atoms with Crippen LogP contribution in [-0.4, -0.2) is 11.3 Å². The van der Waals surface area contributed by atoms with Crippen molar-refractivity contribution < 1.29 is 0 Å². The van der Waals surface area contributed by atoms with E-state index in [1.54, 1.807) is 0 Å². The fourth-order valence-electron chi connectivity index (χ4n) is 4.51. The standard InChI is InChI=1S/C32H32P2/c1-3-32(4-2,34(30-22-13-7-14-23-30)31-24-15-8-16-25-31)26-17-27-33(28-18-9-5-10-19-28)29-20-11-6-12-21-29/h3-16,18-25H,1-2,17,26-27H2. The molecule has 0 aliphatic carbocycles. The molecular weight excluding hydrogens is 446 g/mol. The maximum absolute atomic E-state index is 4.34. The molecule has 170 valence electrons. The van der Waals surface area contributed by atoms with Crippen LogP contribution in [0.25, 0.3) is 0 Å². The highest BCUT2D eigenvalue weighted by Crippen LogP contribution is 2.53. The molecule has 0 atom stereocenters. The molecule has 0 aliphatic rings. The second-order valence-corrected chi connectivity index (χ2v) is 13.2. The van der Waals surface area contributed by atoms with E-state index in [-0.39, 0.29) is 5.16 Å². The highest BCUT2D eigenvalue weighted by atomic mass is 31.1. The van der Waals surface area contributed by atoms with Crippen LogP contribution in [0.5, 0.6) is 0 Å². The van der Waals surface area contributed by atoms with E-state index in [1.807, 2.05) is 0 Å². The molecule has 0 heterocycles. The molecule has 0 bridgehead atoms. The van der Waals surface area contributed by atoms with Crippen molar-refractivity contribution in [3.63, 3.8) is 0 Å². The smallest absolute Gasteiger partial charge is 0.0339 e. The van der Waals surface area contributed by atoms with Gasteiger partial charge in [-0.2, -0.15) is 0 Å². The summed E-state index contributed by atoms with van der Waals surface area (Å²) >= 11 is 0. The van der Waals surface area contributed by atoms with Crippen LogP contribution in [0.1, 0.15) is 12.8 Å². The van der Waals surface area contributed by atoms with Crippen molar-refractivity contribution >= 4 is 37.1 Å². The SMILES string of the molecule is C=CC(C=C)(CCCP(c1ccccc1)c1ccccc1)P(c1ccccc1)c1ccccc1. The van der Waals surface area contributed by atoms with Gasteiger partial charge in [0.25, 0.3) is 0 Å². The van der Waals surface area contributed by atoms with Crippen molar-refractivity contribution in [2.75, 3.05) is 6.16 Å². The Balaban J connectivity index is 1.63. The molecule has 0 amide bonds. The molecule has 4 rings (SSSR count). The number of hydrogen-bond acceptors (Lipinski definition) is 0. The van der Waals surface area contributed by atoms with Gasteiger partial charge < -0.3 is 0 Å². The Morgan fingerprint density at radius 3 is 1.24 bits per heavy atom. The third kappa shape index (κ3) is 5.64. The molecule has 0 aromatic heterocycles. The van der Waals surface area contributed by atoms with Gasteiger partial charge in [0.1, 0.15) is 0 Å². The predicted molar refractivity (Wildman–Crippen MR) is 155 cm³/mol. The molecule has 0 N–H and O–H groups in total. The minimum absolute atomic E-state index is 0.160. The lowest BCUT2D eigenvalue weighted by molar-refractivity contribution is 0.733. The summed E-state index contributed by atoms with van der Waals surface area (Å²) in [6.45, 7) is 8.68. The minimum atomic E-state index is -0.667. The topological polar surface area (TPSA) is 0 Å². The monoisotopic (exact) mass is 478 g/mol. The lowest BCUT2D eigenvalue weighted by Crippen LogP contribution is -2.31. The van der Waals surface area contributed by atoms with Crippen LogP contribution in [0.15, 0.2) is 147 Å². The van der Waals surface area contributed by atoms with Crippen LogP contribution < -0.4 is 21.2 Å². The van der Waals surface area contributed by atoms with Crippen LogP contribution in [0, 0.1) is 0 Å². The Morgan fingerprint density at radius 2 is 0.882 bits per heavy atom. The second kappa shape index (κ2) is 12.1. The van der Waals surface area contributed by atoms with Crippen molar-refractivity contribution in [1.82, 2.24) is 0 Å². The van der Waals surface area contributed by atoms with Gasteiger partial charge in [0.2, 0.25) is 0 Å². The molecule has 0 spiro atoms. The van der Waals surface area contributed by atoms with E-state index < -0.39 is 15.8 Å². The van der Waals surface area contributed by atoms with Crippen molar-refractivity contribution in [2.24, 2.45) is 0 Å². The zero-order chi connectivity index (χ0) is 23.6. The second-order valence-electron chi connectivity index (χ2n) is 8.33. The first-order valence-corrected chi connectivity index (χ1v) is 14.7. The lowest BCUT2D eigenvalue weighted by atomic mass is 10.0. The molecular formula is C32H32P2. The molecule has 0 unspecified atom stereocenters. The maximum atomic E-state index is 4.34. The van der Waals surface area contributed by atoms with Crippen LogP contribution in [0.4, 0.5) is 0 Å². The molecule has 0 radical (unpaired) electrons. The lowest BCUT2D eigenvalue weighted by Gasteiger charge is -2.37. The van der Waals surface area contributed by atoms with Gasteiger partial charge in [-0.1, -0.05) is 133 Å². The molecule has 0 saturated carbocycles. The Morgan fingerprint density at radius 1 is 0.529 bits per heavy atom. The van der Waals surface area contributed by atoms with E-state index >= 15 is 0 Å². The van der Waals surface area contributed by atoms with E-state index in [9.17, 15) is 0 Å². The first kappa shape index (κ1) is 24.3. The largest absolute Gasteiger partial charge is 0.102 e. The summed E-state index contributed by atoms with van der Waals surface area (Å²) in [5.41, 5.74) is 0. The zero-order valence-corrected chi connectivity index (χ0v) is 21.4. The maximum Gasteiger partial charge on any atom is 0.0339 e. The van der Waals surface area contributed by atoms with Crippen molar-refractivity contribution in [2.45, 2.75) is 18.0 Å². The van der Waals surface area contributed by atoms with Crippen molar-refractivity contribution in [1.29, 1.82) is 0 Å². The minimum Gasteiger partial charge on any atom is -0.102 e. The highest BCUT2D eigenvalue weighted by molar-refractivity contribution is 7.75. The Labute approximate surface area is 207 Å². The summed E-state index contributed by atoms with van der Waals surface area (Å²) in [5.74, 6) is 0. The first-order valence-electron chi connectivity index (χ1n) is 11.8. The van der Waals surface area contributed by atoms with Gasteiger partial charge in [0.05, 0.1) is 0 Å². The fraction of sp³-hybridized carbons (Fsp3) is 0.125. The summed E-state index contributed by atoms with van der Waals surface area (Å²) in [6.07, 6.45) is 7.64. The number of hydrogen-bond donors (Lipinski definition) is 0. The first-order chi connectivity index (χ1) is 16.8. The van der Waals surface area contributed by atoms with Gasteiger partial charge in [-0.25, -0.2) is 0 Å². The summed E-state index contributed by atoms with van der Waals surface area (Å²) < 4.78 is 0. The van der Waals surface area contributed by atoms with Gasteiger partial charge in [0.15, 0.2) is 0 Å². The molecule has 0 aliphatic heterocycles. The fourth-order valence-corrected chi connectivity index (χ4v) is 9.81. The van der Waals surface area contributed by atoms with Gasteiger partial charge in [-0.15, -0.1) is 13.2 Å². The van der Waals surface area contributed by atoms with E-state index in [2.05, 4.69) is 147 Å². The normalized spacial score (nSPS) is 11.5. The van der Waals surface area contributed by atoms with Crippen LogP contribution in [0.3, 0.4) is 0 Å². The summed E-state index contributed by atoms with van der Waals surface area (Å²) in [6, 6.07) is 43.8. The van der Waals surface area contributed by atoms with E-state index in [1.165, 1.54) is 21.2 Å². The van der Waals surface area contributed by atoms with Gasteiger partial charge in [0, 0.05) is 5.16 Å². The van der Waals surface area contributed by atoms with Gasteiger partial charge in [-0.05, 0) is 56.1 Å². The van der Waals surface area contributed by atoms with E-state index in [0.29, 0.717) is 0 Å². The Bertz CT molecular complexity index is 1070. The Hall–Kier alpha value is -2.78. The van der Waals surface area contributed by atoms with Crippen LogP contribution >= 0.6 is 15.8 Å². The molecule has 2 heteroatoms. The average molecular weight is 479 g/mol. The predicted octanol–water partition coefficient (Wildman–Crippen LogP) is 7.14.